The Morgan fingerprint density at radius 3 is 3.00 bits per heavy atom. The van der Waals surface area contributed by atoms with Crippen LogP contribution in [-0.2, 0) is 0 Å². The van der Waals surface area contributed by atoms with Gasteiger partial charge >= 0.3 is 0 Å². The van der Waals surface area contributed by atoms with Crippen LogP contribution in [0.2, 0.25) is 0 Å². The summed E-state index contributed by atoms with van der Waals surface area (Å²) in [4.78, 5) is 14.4. The quantitative estimate of drug-likeness (QED) is 0.825. The van der Waals surface area contributed by atoms with E-state index in [-0.39, 0.29) is 24.2 Å². The van der Waals surface area contributed by atoms with Crippen molar-refractivity contribution in [2.75, 3.05) is 18.9 Å². The third kappa shape index (κ3) is 3.12. The molecule has 0 aromatic heterocycles. The zero-order valence-electron chi connectivity index (χ0n) is 11.1. The van der Waals surface area contributed by atoms with Crippen LogP contribution in [0.4, 0.5) is 10.1 Å². The number of anilines is 1. The minimum Gasteiger partial charge on any atom is -0.396 e. The number of benzene rings is 1. The molecule has 0 aliphatic carbocycles. The van der Waals surface area contributed by atoms with Gasteiger partial charge in [-0.15, -0.1) is 0 Å². The number of rotatable bonds is 4. The van der Waals surface area contributed by atoms with Gasteiger partial charge in [-0.25, -0.2) is 4.39 Å². The van der Waals surface area contributed by atoms with Gasteiger partial charge in [0.15, 0.2) is 0 Å². The number of hydrogen-bond donors (Lipinski definition) is 2. The van der Waals surface area contributed by atoms with Crippen LogP contribution in [-0.4, -0.2) is 35.1 Å². The summed E-state index contributed by atoms with van der Waals surface area (Å²) < 4.78 is 13.8. The number of carbonyl (C=O) groups is 1. The zero-order chi connectivity index (χ0) is 14.7. The van der Waals surface area contributed by atoms with Gasteiger partial charge < -0.3 is 15.7 Å². The third-order valence-corrected chi connectivity index (χ3v) is 4.31. The van der Waals surface area contributed by atoms with Crippen molar-refractivity contribution in [1.82, 2.24) is 4.90 Å². The van der Waals surface area contributed by atoms with Gasteiger partial charge in [-0.3, -0.25) is 4.79 Å². The first-order chi connectivity index (χ1) is 9.54. The van der Waals surface area contributed by atoms with E-state index in [1.807, 2.05) is 0 Å². The van der Waals surface area contributed by atoms with Crippen LogP contribution in [0.5, 0.6) is 0 Å². The number of likely N-dealkylation sites (tertiary alicyclic amines) is 1. The smallest absolute Gasteiger partial charge is 0.255 e. The Balaban J connectivity index is 2.20. The molecule has 1 saturated heterocycles. The molecule has 1 aromatic carbocycles. The van der Waals surface area contributed by atoms with Crippen molar-refractivity contribution in [3.8, 4) is 0 Å². The van der Waals surface area contributed by atoms with Gasteiger partial charge in [0.1, 0.15) is 5.82 Å². The van der Waals surface area contributed by atoms with Gasteiger partial charge in [0.25, 0.3) is 5.91 Å². The molecule has 1 atom stereocenters. The van der Waals surface area contributed by atoms with Crippen molar-refractivity contribution in [2.24, 2.45) is 0 Å². The van der Waals surface area contributed by atoms with Gasteiger partial charge in [-0.1, -0.05) is 0 Å². The summed E-state index contributed by atoms with van der Waals surface area (Å²) in [6.07, 6.45) is 3.37. The van der Waals surface area contributed by atoms with Crippen LogP contribution >= 0.6 is 15.9 Å². The summed E-state index contributed by atoms with van der Waals surface area (Å²) in [7, 11) is 0. The van der Waals surface area contributed by atoms with Crippen molar-refractivity contribution in [2.45, 2.75) is 31.7 Å². The standard InChI is InChI=1S/C14H18BrFN2O2/c15-11-8-12(16)13(17)7-10(11)14(20)18-5-1-3-9(18)4-2-6-19/h7-9,19H,1-6,17H2. The molecule has 1 unspecified atom stereocenters. The Morgan fingerprint density at radius 1 is 1.55 bits per heavy atom. The number of halogens is 2. The Labute approximate surface area is 125 Å². The molecule has 1 aliphatic rings. The van der Waals surface area contributed by atoms with Gasteiger partial charge in [0.05, 0.1) is 11.3 Å². The maximum atomic E-state index is 13.3. The monoisotopic (exact) mass is 344 g/mol. The van der Waals surface area contributed by atoms with Gasteiger partial charge in [-0.2, -0.15) is 0 Å². The van der Waals surface area contributed by atoms with E-state index >= 15 is 0 Å². The molecular weight excluding hydrogens is 327 g/mol. The fraction of sp³-hybridized carbons (Fsp3) is 0.500. The van der Waals surface area contributed by atoms with Crippen LogP contribution in [0, 0.1) is 5.82 Å². The molecule has 4 nitrogen and oxygen atoms in total. The Kier molecular flexibility index (Phi) is 4.99. The lowest BCUT2D eigenvalue weighted by molar-refractivity contribution is 0.0723. The summed E-state index contributed by atoms with van der Waals surface area (Å²) in [5, 5.41) is 8.91. The Morgan fingerprint density at radius 2 is 2.30 bits per heavy atom. The number of nitrogens with zero attached hydrogens (tertiary/aromatic N) is 1. The molecule has 2 rings (SSSR count). The second-order valence-electron chi connectivity index (χ2n) is 5.01. The number of aliphatic hydroxyl groups excluding tert-OH is 1. The number of carbonyl (C=O) groups excluding carboxylic acids is 1. The van der Waals surface area contributed by atoms with Crippen molar-refractivity contribution in [3.63, 3.8) is 0 Å². The van der Waals surface area contributed by atoms with E-state index in [1.165, 1.54) is 12.1 Å². The predicted octanol–water partition coefficient (Wildman–Crippen LogP) is 2.55. The van der Waals surface area contributed by atoms with E-state index in [4.69, 9.17) is 10.8 Å². The lowest BCUT2D eigenvalue weighted by atomic mass is 10.1. The average molecular weight is 345 g/mol. The van der Waals surface area contributed by atoms with Gasteiger partial charge in [0, 0.05) is 23.7 Å². The van der Waals surface area contributed by atoms with Crippen LogP contribution in [0.15, 0.2) is 16.6 Å². The largest absolute Gasteiger partial charge is 0.396 e. The van der Waals surface area contributed by atoms with E-state index in [0.29, 0.717) is 23.0 Å². The maximum Gasteiger partial charge on any atom is 0.255 e. The molecule has 0 saturated carbocycles. The minimum atomic E-state index is -0.535. The van der Waals surface area contributed by atoms with Crippen LogP contribution < -0.4 is 5.73 Å². The second-order valence-corrected chi connectivity index (χ2v) is 5.87. The SMILES string of the molecule is Nc1cc(C(=O)N2CCCC2CCCO)c(Br)cc1F. The maximum absolute atomic E-state index is 13.3. The normalized spacial score (nSPS) is 18.6. The fourth-order valence-electron chi connectivity index (χ4n) is 2.61. The summed E-state index contributed by atoms with van der Waals surface area (Å²) >= 11 is 3.22. The number of aliphatic hydroxyl groups is 1. The molecule has 0 bridgehead atoms. The van der Waals surface area contributed by atoms with Crippen LogP contribution in [0.1, 0.15) is 36.0 Å². The third-order valence-electron chi connectivity index (χ3n) is 3.65. The number of nitrogen functional groups attached to an aromatic ring is 1. The zero-order valence-corrected chi connectivity index (χ0v) is 12.7. The number of hydrogen-bond acceptors (Lipinski definition) is 3. The first kappa shape index (κ1) is 15.3. The van der Waals surface area contributed by atoms with E-state index < -0.39 is 5.82 Å². The minimum absolute atomic E-state index is 0.0253. The molecule has 1 aromatic rings. The van der Waals surface area contributed by atoms with Gasteiger partial charge in [0.2, 0.25) is 0 Å². The van der Waals surface area contributed by atoms with Crippen molar-refractivity contribution in [3.05, 3.63) is 28.0 Å². The van der Waals surface area contributed by atoms with E-state index in [9.17, 15) is 9.18 Å². The highest BCUT2D eigenvalue weighted by molar-refractivity contribution is 9.10. The number of nitrogens with two attached hydrogens (primary N) is 1. The molecule has 20 heavy (non-hydrogen) atoms. The highest BCUT2D eigenvalue weighted by atomic mass is 79.9. The molecule has 110 valence electrons. The average Bonchev–Trinajstić information content (AvgIpc) is 2.88. The fourth-order valence-corrected chi connectivity index (χ4v) is 3.10. The molecule has 3 N–H and O–H groups in total. The summed E-state index contributed by atoms with van der Waals surface area (Å²) in [5.74, 6) is -0.671. The first-order valence-electron chi connectivity index (χ1n) is 6.71. The molecular formula is C14H18BrFN2O2. The summed E-state index contributed by atoms with van der Waals surface area (Å²) in [6, 6.07) is 2.75. The van der Waals surface area contributed by atoms with Crippen molar-refractivity contribution < 1.29 is 14.3 Å². The summed E-state index contributed by atoms with van der Waals surface area (Å²) in [6.45, 7) is 0.824. The van der Waals surface area contributed by atoms with Crippen molar-refractivity contribution in [1.29, 1.82) is 0 Å². The van der Waals surface area contributed by atoms with E-state index in [1.54, 1.807) is 4.90 Å². The molecule has 0 radical (unpaired) electrons. The van der Waals surface area contributed by atoms with E-state index in [2.05, 4.69) is 15.9 Å². The highest BCUT2D eigenvalue weighted by Crippen LogP contribution is 2.28. The molecule has 0 spiro atoms. The highest BCUT2D eigenvalue weighted by Gasteiger charge is 2.30. The molecule has 1 fully saturated rings. The second kappa shape index (κ2) is 6.54. The van der Waals surface area contributed by atoms with Gasteiger partial charge in [-0.05, 0) is 53.7 Å². The van der Waals surface area contributed by atoms with Crippen molar-refractivity contribution >= 4 is 27.5 Å². The van der Waals surface area contributed by atoms with E-state index in [0.717, 1.165) is 19.3 Å². The Bertz CT molecular complexity index is 510. The molecule has 1 aliphatic heterocycles. The Hall–Kier alpha value is -1.14. The van der Waals surface area contributed by atoms with Crippen LogP contribution in [0.25, 0.3) is 0 Å². The molecule has 1 amide bonds. The number of amides is 1. The lowest BCUT2D eigenvalue weighted by Crippen LogP contribution is -2.35. The van der Waals surface area contributed by atoms with Crippen LogP contribution in [0.3, 0.4) is 0 Å². The molecule has 6 heteroatoms. The predicted molar refractivity (Wildman–Crippen MR) is 78.9 cm³/mol. The summed E-state index contributed by atoms with van der Waals surface area (Å²) in [5.41, 5.74) is 5.90. The topological polar surface area (TPSA) is 66.6 Å². The lowest BCUT2D eigenvalue weighted by Gasteiger charge is -2.25. The first-order valence-corrected chi connectivity index (χ1v) is 7.50. The molecule has 1 heterocycles.